The third-order valence-electron chi connectivity index (χ3n) is 4.26. The van der Waals surface area contributed by atoms with E-state index >= 15 is 0 Å². The zero-order chi connectivity index (χ0) is 16.9. The molecule has 0 spiro atoms. The SMILES string of the molecule is CCCCCN1CN(C(C)(C)C)C=C1C(=O)NOCC1COC1. The monoisotopic (exact) mass is 325 g/mol. The van der Waals surface area contributed by atoms with E-state index < -0.39 is 0 Å². The van der Waals surface area contributed by atoms with Crippen LogP contribution >= 0.6 is 0 Å². The first-order chi connectivity index (χ1) is 10.9. The Hall–Kier alpha value is -1.27. The minimum atomic E-state index is -0.159. The third-order valence-corrected chi connectivity index (χ3v) is 4.26. The zero-order valence-corrected chi connectivity index (χ0v) is 14.9. The van der Waals surface area contributed by atoms with Crippen molar-refractivity contribution in [1.29, 1.82) is 0 Å². The van der Waals surface area contributed by atoms with Gasteiger partial charge in [-0.3, -0.25) is 9.63 Å². The van der Waals surface area contributed by atoms with Crippen LogP contribution in [0.15, 0.2) is 11.9 Å². The topological polar surface area (TPSA) is 54.0 Å². The van der Waals surface area contributed by atoms with Crippen molar-refractivity contribution in [3.8, 4) is 0 Å². The predicted molar refractivity (Wildman–Crippen MR) is 89.2 cm³/mol. The average molecular weight is 325 g/mol. The minimum Gasteiger partial charge on any atom is -0.381 e. The highest BCUT2D eigenvalue weighted by Crippen LogP contribution is 2.24. The van der Waals surface area contributed by atoms with Gasteiger partial charge in [0.15, 0.2) is 0 Å². The van der Waals surface area contributed by atoms with Gasteiger partial charge in [0, 0.05) is 24.2 Å². The maximum absolute atomic E-state index is 12.4. The van der Waals surface area contributed by atoms with Crippen molar-refractivity contribution in [3.63, 3.8) is 0 Å². The van der Waals surface area contributed by atoms with Gasteiger partial charge in [0.05, 0.1) is 26.5 Å². The molecular weight excluding hydrogens is 294 g/mol. The van der Waals surface area contributed by atoms with Crippen molar-refractivity contribution in [2.24, 2.45) is 5.92 Å². The molecule has 1 N–H and O–H groups in total. The molecular formula is C17H31N3O3. The molecule has 1 fully saturated rings. The van der Waals surface area contributed by atoms with Gasteiger partial charge in [0.1, 0.15) is 5.70 Å². The highest BCUT2D eigenvalue weighted by molar-refractivity contribution is 5.92. The molecule has 2 rings (SSSR count). The summed E-state index contributed by atoms with van der Waals surface area (Å²) in [4.78, 5) is 22.1. The van der Waals surface area contributed by atoms with Crippen LogP contribution in [0, 0.1) is 5.92 Å². The standard InChI is InChI=1S/C17H31N3O3/c1-5-6-7-8-19-13-20(17(2,3)4)9-15(19)16(21)18-23-12-14-10-22-11-14/h9,14H,5-8,10-13H2,1-4H3,(H,18,21). The molecule has 1 amide bonds. The lowest BCUT2D eigenvalue weighted by Crippen LogP contribution is -2.41. The van der Waals surface area contributed by atoms with Gasteiger partial charge in [-0.1, -0.05) is 19.8 Å². The van der Waals surface area contributed by atoms with E-state index in [9.17, 15) is 4.79 Å². The number of hydroxylamine groups is 1. The van der Waals surface area contributed by atoms with Crippen LogP contribution in [0.2, 0.25) is 0 Å². The van der Waals surface area contributed by atoms with Gasteiger partial charge in [0.25, 0.3) is 5.91 Å². The number of nitrogens with one attached hydrogen (secondary N) is 1. The second-order valence-electron chi connectivity index (χ2n) is 7.41. The fourth-order valence-corrected chi connectivity index (χ4v) is 2.54. The maximum atomic E-state index is 12.4. The molecule has 0 aromatic rings. The molecule has 2 heterocycles. The summed E-state index contributed by atoms with van der Waals surface area (Å²) in [6.45, 7) is 12.3. The summed E-state index contributed by atoms with van der Waals surface area (Å²) in [6, 6.07) is 0. The molecule has 0 aromatic heterocycles. The molecule has 0 bridgehead atoms. The fourth-order valence-electron chi connectivity index (χ4n) is 2.54. The Balaban J connectivity index is 1.89. The molecule has 0 saturated carbocycles. The van der Waals surface area contributed by atoms with Crippen LogP contribution in [-0.2, 0) is 14.4 Å². The van der Waals surface area contributed by atoms with E-state index in [1.165, 1.54) is 12.8 Å². The number of ether oxygens (including phenoxy) is 1. The zero-order valence-electron chi connectivity index (χ0n) is 14.9. The molecule has 0 unspecified atom stereocenters. The summed E-state index contributed by atoms with van der Waals surface area (Å²) in [6.07, 6.45) is 5.41. The van der Waals surface area contributed by atoms with E-state index in [0.717, 1.165) is 32.8 Å². The van der Waals surface area contributed by atoms with Crippen molar-refractivity contribution in [2.75, 3.05) is 33.0 Å². The number of hydrogen-bond donors (Lipinski definition) is 1. The largest absolute Gasteiger partial charge is 0.381 e. The number of nitrogens with zero attached hydrogens (tertiary/aromatic N) is 2. The number of amides is 1. The average Bonchev–Trinajstić information content (AvgIpc) is 2.86. The van der Waals surface area contributed by atoms with E-state index in [1.54, 1.807) is 0 Å². The summed E-state index contributed by atoms with van der Waals surface area (Å²) in [5, 5.41) is 0. The first kappa shape index (κ1) is 18.1. The summed E-state index contributed by atoms with van der Waals surface area (Å²) in [5.74, 6) is 0.244. The molecule has 1 saturated heterocycles. The van der Waals surface area contributed by atoms with Crippen LogP contribution in [0.1, 0.15) is 47.0 Å². The Morgan fingerprint density at radius 2 is 2.13 bits per heavy atom. The molecule has 2 aliphatic rings. The smallest absolute Gasteiger partial charge is 0.292 e. The van der Waals surface area contributed by atoms with Gasteiger partial charge in [-0.25, -0.2) is 5.48 Å². The van der Waals surface area contributed by atoms with Crippen LogP contribution < -0.4 is 5.48 Å². The van der Waals surface area contributed by atoms with Crippen LogP contribution in [0.5, 0.6) is 0 Å². The summed E-state index contributed by atoms with van der Waals surface area (Å²) in [5.41, 5.74) is 3.28. The maximum Gasteiger partial charge on any atom is 0.292 e. The first-order valence-electron chi connectivity index (χ1n) is 8.65. The number of unbranched alkanes of at least 4 members (excludes halogenated alkanes) is 2. The van der Waals surface area contributed by atoms with Gasteiger partial charge in [0.2, 0.25) is 0 Å². The number of carbonyl (C=O) groups is 1. The minimum absolute atomic E-state index is 0.00480. The molecule has 0 aromatic carbocycles. The van der Waals surface area contributed by atoms with Crippen LogP contribution in [-0.4, -0.2) is 54.3 Å². The van der Waals surface area contributed by atoms with Gasteiger partial charge < -0.3 is 14.5 Å². The van der Waals surface area contributed by atoms with Crippen molar-refractivity contribution in [3.05, 3.63) is 11.9 Å². The summed E-state index contributed by atoms with van der Waals surface area (Å²) in [7, 11) is 0. The number of hydrogen-bond acceptors (Lipinski definition) is 5. The van der Waals surface area contributed by atoms with Crippen LogP contribution in [0.25, 0.3) is 0 Å². The Morgan fingerprint density at radius 3 is 2.70 bits per heavy atom. The van der Waals surface area contributed by atoms with Crippen LogP contribution in [0.4, 0.5) is 0 Å². The summed E-state index contributed by atoms with van der Waals surface area (Å²) >= 11 is 0. The molecule has 0 aliphatic carbocycles. The normalized spacial score (nSPS) is 18.9. The highest BCUT2D eigenvalue weighted by Gasteiger charge is 2.31. The highest BCUT2D eigenvalue weighted by atomic mass is 16.7. The first-order valence-corrected chi connectivity index (χ1v) is 8.65. The lowest BCUT2D eigenvalue weighted by atomic mass is 10.1. The predicted octanol–water partition coefficient (Wildman–Crippen LogP) is 2.09. The van der Waals surface area contributed by atoms with Gasteiger partial charge in [-0.15, -0.1) is 0 Å². The fraction of sp³-hybridized carbons (Fsp3) is 0.824. The number of carbonyl (C=O) groups excluding carboxylic acids is 1. The van der Waals surface area contributed by atoms with Gasteiger partial charge >= 0.3 is 0 Å². The molecule has 0 atom stereocenters. The quantitative estimate of drug-likeness (QED) is 0.547. The number of rotatable bonds is 8. The third kappa shape index (κ3) is 5.11. The molecule has 0 radical (unpaired) electrons. The van der Waals surface area contributed by atoms with E-state index in [-0.39, 0.29) is 11.4 Å². The lowest BCUT2D eigenvalue weighted by Gasteiger charge is -2.33. The van der Waals surface area contributed by atoms with Crippen LogP contribution in [0.3, 0.4) is 0 Å². The second kappa shape index (κ2) is 8.02. The second-order valence-corrected chi connectivity index (χ2v) is 7.41. The molecule has 132 valence electrons. The lowest BCUT2D eigenvalue weighted by molar-refractivity contribution is -0.138. The molecule has 23 heavy (non-hydrogen) atoms. The van der Waals surface area contributed by atoms with Crippen molar-refractivity contribution in [1.82, 2.24) is 15.3 Å². The van der Waals surface area contributed by atoms with Crippen molar-refractivity contribution in [2.45, 2.75) is 52.5 Å². The van der Waals surface area contributed by atoms with Gasteiger partial charge in [-0.05, 0) is 27.2 Å². The molecule has 6 heteroatoms. The molecule has 6 nitrogen and oxygen atoms in total. The molecule has 2 aliphatic heterocycles. The van der Waals surface area contributed by atoms with E-state index in [2.05, 4.69) is 43.0 Å². The van der Waals surface area contributed by atoms with Crippen molar-refractivity contribution < 1.29 is 14.4 Å². The van der Waals surface area contributed by atoms with Crippen molar-refractivity contribution >= 4 is 5.91 Å². The Labute approximate surface area is 139 Å². The summed E-state index contributed by atoms with van der Waals surface area (Å²) < 4.78 is 5.10. The Bertz CT molecular complexity index is 427. The Morgan fingerprint density at radius 1 is 1.39 bits per heavy atom. The Kier molecular flexibility index (Phi) is 6.30. The van der Waals surface area contributed by atoms with E-state index in [0.29, 0.717) is 18.2 Å². The van der Waals surface area contributed by atoms with E-state index in [1.807, 2.05) is 6.20 Å². The van der Waals surface area contributed by atoms with E-state index in [4.69, 9.17) is 9.57 Å². The van der Waals surface area contributed by atoms with Gasteiger partial charge in [-0.2, -0.15) is 0 Å².